The first-order valence-electron chi connectivity index (χ1n) is 4.49. The van der Waals surface area contributed by atoms with Crippen LogP contribution in [0.2, 0.25) is 0 Å². The second-order valence-electron chi connectivity index (χ2n) is 3.00. The van der Waals surface area contributed by atoms with Gasteiger partial charge >= 0.3 is 0 Å². The molecular weight excluding hydrogens is 249 g/mol. The van der Waals surface area contributed by atoms with Gasteiger partial charge in [0, 0.05) is 13.2 Å². The molecule has 0 aliphatic carbocycles. The third-order valence-electron chi connectivity index (χ3n) is 1.82. The highest BCUT2D eigenvalue weighted by Gasteiger charge is 1.99. The molecule has 2 nitrogen and oxygen atoms in total. The fourth-order valence-corrected chi connectivity index (χ4v) is 1.33. The maximum Gasteiger partial charge on any atom is 0.137 e. The number of nitrogens with one attached hydrogen (secondary N) is 1. The fourth-order valence-electron chi connectivity index (χ4n) is 1.09. The molecule has 0 fully saturated rings. The number of benzene rings is 1. The molecule has 0 spiro atoms. The van der Waals surface area contributed by atoms with Crippen molar-refractivity contribution in [2.24, 2.45) is 0 Å². The summed E-state index contributed by atoms with van der Waals surface area (Å²) in [5.74, 6) is -0.244. The quantitative estimate of drug-likeness (QED) is 0.796. The number of halogens is 2. The number of aliphatic hydroxyl groups excluding tert-OH is 1. The van der Waals surface area contributed by atoms with Crippen LogP contribution in [0, 0.1) is 5.82 Å². The van der Waals surface area contributed by atoms with Gasteiger partial charge in [0.1, 0.15) is 5.82 Å². The van der Waals surface area contributed by atoms with Crippen molar-refractivity contribution in [2.75, 3.05) is 13.2 Å². The average Bonchev–Trinajstić information content (AvgIpc) is 2.18. The number of hydrogen-bond acceptors (Lipinski definition) is 2. The first kappa shape index (κ1) is 11.6. The molecule has 0 amide bonds. The third kappa shape index (κ3) is 3.74. The lowest BCUT2D eigenvalue weighted by atomic mass is 10.2. The van der Waals surface area contributed by atoms with E-state index in [0.29, 0.717) is 11.0 Å². The molecule has 0 saturated carbocycles. The van der Waals surface area contributed by atoms with E-state index in [1.807, 2.05) is 6.07 Å². The first-order valence-corrected chi connectivity index (χ1v) is 5.29. The summed E-state index contributed by atoms with van der Waals surface area (Å²) >= 11 is 3.09. The van der Waals surface area contributed by atoms with Crippen molar-refractivity contribution in [3.63, 3.8) is 0 Å². The van der Waals surface area contributed by atoms with Crippen LogP contribution in [0.5, 0.6) is 0 Å². The minimum absolute atomic E-state index is 0.182. The van der Waals surface area contributed by atoms with Gasteiger partial charge in [-0.05, 0) is 46.6 Å². The molecule has 0 radical (unpaired) electrons. The predicted molar refractivity (Wildman–Crippen MR) is 57.5 cm³/mol. The van der Waals surface area contributed by atoms with Crippen molar-refractivity contribution in [3.8, 4) is 0 Å². The van der Waals surface area contributed by atoms with Crippen molar-refractivity contribution >= 4 is 15.9 Å². The third-order valence-corrected chi connectivity index (χ3v) is 2.47. The molecule has 0 bridgehead atoms. The van der Waals surface area contributed by atoms with Gasteiger partial charge < -0.3 is 10.4 Å². The molecule has 2 N–H and O–H groups in total. The molecule has 0 aromatic heterocycles. The number of rotatable bonds is 5. The van der Waals surface area contributed by atoms with Gasteiger partial charge in [0.2, 0.25) is 0 Å². The van der Waals surface area contributed by atoms with Crippen LogP contribution >= 0.6 is 15.9 Å². The molecule has 1 aromatic carbocycles. The van der Waals surface area contributed by atoms with E-state index in [1.165, 1.54) is 6.07 Å². The zero-order valence-corrected chi connectivity index (χ0v) is 9.35. The minimum Gasteiger partial charge on any atom is -0.396 e. The average molecular weight is 262 g/mol. The fraction of sp³-hybridized carbons (Fsp3) is 0.400. The highest BCUT2D eigenvalue weighted by molar-refractivity contribution is 9.10. The van der Waals surface area contributed by atoms with Gasteiger partial charge in [-0.25, -0.2) is 4.39 Å². The Bertz CT molecular complexity index is 293. The summed E-state index contributed by atoms with van der Waals surface area (Å²) in [5.41, 5.74) is 0.906. The zero-order chi connectivity index (χ0) is 10.4. The molecule has 0 unspecified atom stereocenters. The Morgan fingerprint density at radius 2 is 2.21 bits per heavy atom. The monoisotopic (exact) mass is 261 g/mol. The van der Waals surface area contributed by atoms with E-state index in [4.69, 9.17) is 5.11 Å². The van der Waals surface area contributed by atoms with Crippen LogP contribution in [0.3, 0.4) is 0 Å². The van der Waals surface area contributed by atoms with Gasteiger partial charge in [0.15, 0.2) is 0 Å². The summed E-state index contributed by atoms with van der Waals surface area (Å²) in [6, 6.07) is 5.05. The van der Waals surface area contributed by atoms with Crippen molar-refractivity contribution in [1.82, 2.24) is 5.32 Å². The van der Waals surface area contributed by atoms with E-state index in [-0.39, 0.29) is 12.4 Å². The number of aliphatic hydroxyl groups is 1. The smallest absolute Gasteiger partial charge is 0.137 e. The summed E-state index contributed by atoms with van der Waals surface area (Å²) in [6.07, 6.45) is 0.721. The molecule has 4 heteroatoms. The Hall–Kier alpha value is -0.450. The Labute approximate surface area is 91.3 Å². The van der Waals surface area contributed by atoms with Crippen molar-refractivity contribution < 1.29 is 9.50 Å². The Kier molecular flexibility index (Phi) is 5.07. The standard InChI is InChI=1S/C10H13BrFNO/c11-9-3-2-8(6-10(9)12)7-13-4-1-5-14/h2-3,6,13-14H,1,4-5,7H2. The molecular formula is C10H13BrFNO. The highest BCUT2D eigenvalue weighted by atomic mass is 79.9. The second-order valence-corrected chi connectivity index (χ2v) is 3.86. The van der Waals surface area contributed by atoms with Gasteiger partial charge in [0.25, 0.3) is 0 Å². The lowest BCUT2D eigenvalue weighted by molar-refractivity contribution is 0.286. The van der Waals surface area contributed by atoms with Gasteiger partial charge in [-0.3, -0.25) is 0 Å². The van der Waals surface area contributed by atoms with E-state index in [0.717, 1.165) is 18.5 Å². The SMILES string of the molecule is OCCCNCc1ccc(Br)c(F)c1. The van der Waals surface area contributed by atoms with Crippen LogP contribution in [0.25, 0.3) is 0 Å². The lowest BCUT2D eigenvalue weighted by Gasteiger charge is -2.04. The highest BCUT2D eigenvalue weighted by Crippen LogP contribution is 2.16. The predicted octanol–water partition coefficient (Wildman–Crippen LogP) is 2.06. The molecule has 0 aliphatic rings. The largest absolute Gasteiger partial charge is 0.396 e. The van der Waals surface area contributed by atoms with E-state index in [1.54, 1.807) is 6.07 Å². The van der Waals surface area contributed by atoms with Crippen LogP contribution in [0.1, 0.15) is 12.0 Å². The van der Waals surface area contributed by atoms with Gasteiger partial charge in [-0.2, -0.15) is 0 Å². The molecule has 0 heterocycles. The van der Waals surface area contributed by atoms with Crippen LogP contribution in [-0.4, -0.2) is 18.3 Å². The summed E-state index contributed by atoms with van der Waals surface area (Å²) in [7, 11) is 0. The molecule has 0 aliphatic heterocycles. The van der Waals surface area contributed by atoms with Crippen LogP contribution in [0.15, 0.2) is 22.7 Å². The van der Waals surface area contributed by atoms with Crippen LogP contribution in [0.4, 0.5) is 4.39 Å². The number of hydrogen-bond donors (Lipinski definition) is 2. The lowest BCUT2D eigenvalue weighted by Crippen LogP contribution is -2.15. The van der Waals surface area contributed by atoms with Crippen molar-refractivity contribution in [2.45, 2.75) is 13.0 Å². The topological polar surface area (TPSA) is 32.3 Å². The summed E-state index contributed by atoms with van der Waals surface area (Å²) in [4.78, 5) is 0. The molecule has 0 saturated heterocycles. The molecule has 78 valence electrons. The summed E-state index contributed by atoms with van der Waals surface area (Å²) < 4.78 is 13.5. The first-order chi connectivity index (χ1) is 6.74. The Morgan fingerprint density at radius 3 is 2.86 bits per heavy atom. The summed E-state index contributed by atoms with van der Waals surface area (Å²) in [6.45, 7) is 1.56. The normalized spacial score (nSPS) is 10.5. The van der Waals surface area contributed by atoms with E-state index < -0.39 is 0 Å². The molecule has 1 aromatic rings. The second kappa shape index (κ2) is 6.11. The van der Waals surface area contributed by atoms with Crippen molar-refractivity contribution in [1.29, 1.82) is 0 Å². The maximum atomic E-state index is 13.0. The Balaban J connectivity index is 2.39. The summed E-state index contributed by atoms with van der Waals surface area (Å²) in [5, 5.41) is 11.6. The molecule has 0 atom stereocenters. The maximum absolute atomic E-state index is 13.0. The molecule has 14 heavy (non-hydrogen) atoms. The molecule has 1 rings (SSSR count). The minimum atomic E-state index is -0.244. The zero-order valence-electron chi connectivity index (χ0n) is 7.76. The van der Waals surface area contributed by atoms with E-state index in [2.05, 4.69) is 21.2 Å². The van der Waals surface area contributed by atoms with E-state index in [9.17, 15) is 4.39 Å². The Morgan fingerprint density at radius 1 is 1.43 bits per heavy atom. The van der Waals surface area contributed by atoms with Crippen molar-refractivity contribution in [3.05, 3.63) is 34.1 Å². The van der Waals surface area contributed by atoms with Gasteiger partial charge in [0.05, 0.1) is 4.47 Å². The van der Waals surface area contributed by atoms with Gasteiger partial charge in [-0.1, -0.05) is 6.07 Å². The van der Waals surface area contributed by atoms with E-state index >= 15 is 0 Å². The van der Waals surface area contributed by atoms with Crippen LogP contribution in [-0.2, 0) is 6.54 Å². The van der Waals surface area contributed by atoms with Crippen LogP contribution < -0.4 is 5.32 Å². The van der Waals surface area contributed by atoms with Gasteiger partial charge in [-0.15, -0.1) is 0 Å².